The van der Waals surface area contributed by atoms with Crippen molar-refractivity contribution in [1.29, 1.82) is 0 Å². The summed E-state index contributed by atoms with van der Waals surface area (Å²) in [5.74, 6) is -0.946. The predicted octanol–water partition coefficient (Wildman–Crippen LogP) is 5.92. The van der Waals surface area contributed by atoms with Crippen LogP contribution in [0.1, 0.15) is 31.7 Å². The molecule has 0 saturated heterocycles. The number of fused-ring (bicyclic) bond motifs is 1. The van der Waals surface area contributed by atoms with Crippen molar-refractivity contribution in [2.75, 3.05) is 0 Å². The third-order valence-corrected chi connectivity index (χ3v) is 4.45. The minimum absolute atomic E-state index is 0.236. The molecule has 0 fully saturated rings. The summed E-state index contributed by atoms with van der Waals surface area (Å²) in [4.78, 5) is 0. The van der Waals surface area contributed by atoms with Crippen LogP contribution in [-0.4, -0.2) is 16.3 Å². The highest BCUT2D eigenvalue weighted by molar-refractivity contribution is 5.89. The highest BCUT2D eigenvalue weighted by atomic mass is 19.1. The van der Waals surface area contributed by atoms with Crippen molar-refractivity contribution in [2.45, 2.75) is 32.3 Å². The lowest BCUT2D eigenvalue weighted by Crippen LogP contribution is -1.97. The first-order valence-electron chi connectivity index (χ1n) is 8.90. The maximum Gasteiger partial charge on any atom is 0.165 e. The molecule has 3 aromatic rings. The van der Waals surface area contributed by atoms with Gasteiger partial charge in [0.25, 0.3) is 0 Å². The monoisotopic (exact) mass is 350 g/mol. The van der Waals surface area contributed by atoms with Crippen LogP contribution in [0, 0.1) is 5.82 Å². The Bertz CT molecular complexity index is 929. The van der Waals surface area contributed by atoms with Crippen molar-refractivity contribution in [3.8, 4) is 16.9 Å². The van der Waals surface area contributed by atoms with Gasteiger partial charge in [-0.1, -0.05) is 42.5 Å². The number of allylic oxidation sites excluding steroid dienone is 1. The third kappa shape index (κ3) is 4.50. The second-order valence-corrected chi connectivity index (χ2v) is 6.67. The zero-order valence-electron chi connectivity index (χ0n) is 14.8. The summed E-state index contributed by atoms with van der Waals surface area (Å²) in [6.45, 7) is 1.81. The molecule has 134 valence electrons. The normalized spacial score (nSPS) is 12.7. The van der Waals surface area contributed by atoms with E-state index < -0.39 is 5.82 Å². The van der Waals surface area contributed by atoms with E-state index in [-0.39, 0.29) is 11.9 Å². The Morgan fingerprint density at radius 2 is 1.65 bits per heavy atom. The van der Waals surface area contributed by atoms with E-state index >= 15 is 0 Å². The van der Waals surface area contributed by atoms with Crippen LogP contribution in [0.15, 0.2) is 60.7 Å². The van der Waals surface area contributed by atoms with Gasteiger partial charge in [0, 0.05) is 0 Å². The van der Waals surface area contributed by atoms with Gasteiger partial charge in [-0.3, -0.25) is 0 Å². The van der Waals surface area contributed by atoms with Gasteiger partial charge < -0.3 is 10.2 Å². The Morgan fingerprint density at radius 1 is 0.962 bits per heavy atom. The van der Waals surface area contributed by atoms with E-state index in [9.17, 15) is 14.6 Å². The number of rotatable bonds is 6. The zero-order chi connectivity index (χ0) is 18.5. The summed E-state index contributed by atoms with van der Waals surface area (Å²) in [6, 6.07) is 16.7. The molecule has 1 unspecified atom stereocenters. The van der Waals surface area contributed by atoms with E-state index in [2.05, 4.69) is 30.4 Å². The fourth-order valence-corrected chi connectivity index (χ4v) is 2.98. The number of halogens is 1. The van der Waals surface area contributed by atoms with Gasteiger partial charge in [0.2, 0.25) is 0 Å². The van der Waals surface area contributed by atoms with Gasteiger partial charge >= 0.3 is 0 Å². The molecule has 26 heavy (non-hydrogen) atoms. The maximum absolute atomic E-state index is 13.6. The lowest BCUT2D eigenvalue weighted by atomic mass is 9.99. The SMILES string of the molecule is CC(O)CCC/C=C/c1ccc2cc(-c3ccc(O)c(F)c3)ccc2c1. The van der Waals surface area contributed by atoms with Gasteiger partial charge in [-0.05, 0) is 77.9 Å². The van der Waals surface area contributed by atoms with Crippen molar-refractivity contribution in [2.24, 2.45) is 0 Å². The van der Waals surface area contributed by atoms with Gasteiger partial charge in [0.15, 0.2) is 11.6 Å². The third-order valence-electron chi connectivity index (χ3n) is 4.45. The molecule has 1 atom stereocenters. The molecule has 3 heteroatoms. The number of unbranched alkanes of at least 4 members (excludes halogenated alkanes) is 1. The van der Waals surface area contributed by atoms with Crippen molar-refractivity contribution in [3.63, 3.8) is 0 Å². The average Bonchev–Trinajstić information content (AvgIpc) is 2.63. The summed E-state index contributed by atoms with van der Waals surface area (Å²) in [5, 5.41) is 20.8. The van der Waals surface area contributed by atoms with Crippen LogP contribution in [-0.2, 0) is 0 Å². The summed E-state index contributed by atoms with van der Waals surface area (Å²) < 4.78 is 13.6. The molecule has 0 aliphatic rings. The minimum Gasteiger partial charge on any atom is -0.505 e. The van der Waals surface area contributed by atoms with Gasteiger partial charge in [0.1, 0.15) is 0 Å². The summed E-state index contributed by atoms with van der Waals surface area (Å²) in [7, 11) is 0. The number of hydrogen-bond donors (Lipinski definition) is 2. The number of aliphatic hydroxyl groups excluding tert-OH is 1. The maximum atomic E-state index is 13.6. The quantitative estimate of drug-likeness (QED) is 0.542. The molecule has 3 aromatic carbocycles. The first-order valence-corrected chi connectivity index (χ1v) is 8.90. The Balaban J connectivity index is 1.77. The highest BCUT2D eigenvalue weighted by Crippen LogP contribution is 2.28. The molecule has 0 aromatic heterocycles. The van der Waals surface area contributed by atoms with E-state index in [0.29, 0.717) is 0 Å². The van der Waals surface area contributed by atoms with Crippen molar-refractivity contribution in [3.05, 3.63) is 72.1 Å². The fraction of sp³-hybridized carbons (Fsp3) is 0.217. The second-order valence-electron chi connectivity index (χ2n) is 6.67. The van der Waals surface area contributed by atoms with Crippen molar-refractivity contribution in [1.82, 2.24) is 0 Å². The molecule has 0 radical (unpaired) electrons. The molecule has 0 amide bonds. The van der Waals surface area contributed by atoms with E-state index in [1.54, 1.807) is 6.07 Å². The first kappa shape index (κ1) is 18.2. The van der Waals surface area contributed by atoms with E-state index in [1.807, 2.05) is 25.1 Å². The average molecular weight is 350 g/mol. The number of phenols is 1. The standard InChI is InChI=1S/C23H23FO2/c1-16(25)5-3-2-4-6-17-7-8-19-14-20(10-9-18(19)13-17)21-11-12-23(26)22(24)15-21/h4,6-16,25-26H,2-3,5H2,1H3/b6-4+. The number of phenolic OH excluding ortho intramolecular Hbond substituents is 1. The van der Waals surface area contributed by atoms with E-state index in [4.69, 9.17) is 0 Å². The highest BCUT2D eigenvalue weighted by Gasteiger charge is 2.05. The first-order chi connectivity index (χ1) is 12.5. The number of aliphatic hydroxyl groups is 1. The van der Waals surface area contributed by atoms with Gasteiger partial charge in [0.05, 0.1) is 6.10 Å². The van der Waals surface area contributed by atoms with Gasteiger partial charge in [-0.2, -0.15) is 0 Å². The largest absolute Gasteiger partial charge is 0.505 e. The van der Waals surface area contributed by atoms with Crippen molar-refractivity contribution < 1.29 is 14.6 Å². The number of aromatic hydroxyl groups is 1. The predicted molar refractivity (Wildman–Crippen MR) is 106 cm³/mol. The Morgan fingerprint density at radius 3 is 2.42 bits per heavy atom. The van der Waals surface area contributed by atoms with Crippen LogP contribution in [0.5, 0.6) is 5.75 Å². The topological polar surface area (TPSA) is 40.5 Å². The molecule has 3 rings (SSSR count). The second kappa shape index (κ2) is 8.15. The molecule has 0 saturated carbocycles. The van der Waals surface area contributed by atoms with E-state index in [1.165, 1.54) is 12.1 Å². The van der Waals surface area contributed by atoms with Crippen LogP contribution in [0.4, 0.5) is 4.39 Å². The molecule has 0 bridgehead atoms. The molecular formula is C23H23FO2. The zero-order valence-corrected chi connectivity index (χ0v) is 14.8. The van der Waals surface area contributed by atoms with Crippen molar-refractivity contribution >= 4 is 16.8 Å². The lowest BCUT2D eigenvalue weighted by Gasteiger charge is -2.06. The Hall–Kier alpha value is -2.65. The molecule has 0 aliphatic heterocycles. The van der Waals surface area contributed by atoms with Crippen LogP contribution >= 0.6 is 0 Å². The Labute approximate surface area is 153 Å². The molecule has 0 spiro atoms. The number of hydrogen-bond acceptors (Lipinski definition) is 2. The molecule has 2 nitrogen and oxygen atoms in total. The minimum atomic E-state index is -0.612. The van der Waals surface area contributed by atoms with Crippen LogP contribution in [0.25, 0.3) is 28.0 Å². The lowest BCUT2D eigenvalue weighted by molar-refractivity contribution is 0.182. The van der Waals surface area contributed by atoms with Gasteiger partial charge in [-0.25, -0.2) is 4.39 Å². The smallest absolute Gasteiger partial charge is 0.165 e. The molecule has 0 heterocycles. The van der Waals surface area contributed by atoms with Crippen LogP contribution in [0.2, 0.25) is 0 Å². The molecular weight excluding hydrogens is 327 g/mol. The Kier molecular flexibility index (Phi) is 5.69. The molecule has 2 N–H and O–H groups in total. The summed E-state index contributed by atoms with van der Waals surface area (Å²) in [5.41, 5.74) is 2.79. The number of benzene rings is 3. The summed E-state index contributed by atoms with van der Waals surface area (Å²) in [6.07, 6.45) is 6.76. The summed E-state index contributed by atoms with van der Waals surface area (Å²) >= 11 is 0. The van der Waals surface area contributed by atoms with E-state index in [0.717, 1.165) is 46.7 Å². The van der Waals surface area contributed by atoms with Crippen LogP contribution < -0.4 is 0 Å². The van der Waals surface area contributed by atoms with Crippen LogP contribution in [0.3, 0.4) is 0 Å². The van der Waals surface area contributed by atoms with Gasteiger partial charge in [-0.15, -0.1) is 0 Å². The molecule has 0 aliphatic carbocycles. The fourth-order valence-electron chi connectivity index (χ4n) is 2.98.